The van der Waals surface area contributed by atoms with E-state index in [1.54, 1.807) is 0 Å². The first-order chi connectivity index (χ1) is 9.27. The Kier molecular flexibility index (Phi) is 3.72. The third-order valence-electron chi connectivity index (χ3n) is 3.58. The van der Waals surface area contributed by atoms with E-state index in [-0.39, 0.29) is 6.03 Å². The molecular formula is C13H18N2O3S. The minimum absolute atomic E-state index is 0.0342. The molecule has 0 radical (unpaired) electrons. The summed E-state index contributed by atoms with van der Waals surface area (Å²) in [4.78, 5) is 13.9. The monoisotopic (exact) mass is 282 g/mol. The lowest BCUT2D eigenvalue weighted by Crippen LogP contribution is -2.52. The highest BCUT2D eigenvalue weighted by atomic mass is 32.1. The first-order valence-corrected chi connectivity index (χ1v) is 7.53. The molecule has 1 aromatic rings. The molecule has 2 saturated heterocycles. The van der Waals surface area contributed by atoms with Crippen molar-refractivity contribution in [2.75, 3.05) is 31.6 Å². The molecule has 0 bridgehead atoms. The average Bonchev–Trinajstić information content (AvgIpc) is 2.93. The van der Waals surface area contributed by atoms with Crippen LogP contribution in [0.3, 0.4) is 0 Å². The Morgan fingerprint density at radius 2 is 2.05 bits per heavy atom. The van der Waals surface area contributed by atoms with Gasteiger partial charge < -0.3 is 14.4 Å². The van der Waals surface area contributed by atoms with Crippen LogP contribution in [0.4, 0.5) is 9.80 Å². The molecule has 0 unspecified atom stereocenters. The largest absolute Gasteiger partial charge is 0.350 e. The topological polar surface area (TPSA) is 50.8 Å². The van der Waals surface area contributed by atoms with E-state index in [0.717, 1.165) is 37.5 Å². The molecule has 19 heavy (non-hydrogen) atoms. The molecule has 3 heterocycles. The Bertz CT molecular complexity index is 419. The third-order valence-corrected chi connectivity index (χ3v) is 4.37. The lowest BCUT2D eigenvalue weighted by molar-refractivity contribution is -0.281. The fraction of sp³-hybridized carbons (Fsp3) is 0.615. The second-order valence-electron chi connectivity index (χ2n) is 4.86. The lowest BCUT2D eigenvalue weighted by Gasteiger charge is -2.43. The number of carbonyl (C=O) groups excluding carboxylic acids is 1. The molecule has 0 saturated carbocycles. The number of piperidine rings is 1. The zero-order valence-electron chi connectivity index (χ0n) is 10.8. The Morgan fingerprint density at radius 3 is 2.68 bits per heavy atom. The number of nitrogens with one attached hydrogen (secondary N) is 1. The SMILES string of the molecule is O=C(Nc1cccs1)N1CCC2(CC1)OCCCO2. The summed E-state index contributed by atoms with van der Waals surface area (Å²) in [7, 11) is 0. The van der Waals surface area contributed by atoms with Gasteiger partial charge in [-0.1, -0.05) is 0 Å². The van der Waals surface area contributed by atoms with E-state index in [0.29, 0.717) is 13.1 Å². The van der Waals surface area contributed by atoms with Gasteiger partial charge in [-0.25, -0.2) is 4.79 Å². The highest BCUT2D eigenvalue weighted by Crippen LogP contribution is 2.31. The van der Waals surface area contributed by atoms with Crippen molar-refractivity contribution in [1.29, 1.82) is 0 Å². The molecule has 1 N–H and O–H groups in total. The van der Waals surface area contributed by atoms with Gasteiger partial charge in [-0.2, -0.15) is 0 Å². The summed E-state index contributed by atoms with van der Waals surface area (Å²) in [6.45, 7) is 2.89. The number of hydrogen-bond acceptors (Lipinski definition) is 4. The van der Waals surface area contributed by atoms with Gasteiger partial charge in [-0.05, 0) is 23.9 Å². The van der Waals surface area contributed by atoms with E-state index in [1.165, 1.54) is 11.3 Å². The first kappa shape index (κ1) is 12.9. The van der Waals surface area contributed by atoms with Gasteiger partial charge in [0.15, 0.2) is 5.79 Å². The quantitative estimate of drug-likeness (QED) is 0.861. The molecule has 1 spiro atoms. The van der Waals surface area contributed by atoms with Crippen molar-refractivity contribution in [3.8, 4) is 0 Å². The van der Waals surface area contributed by atoms with E-state index in [1.807, 2.05) is 22.4 Å². The van der Waals surface area contributed by atoms with Crippen molar-refractivity contribution in [2.45, 2.75) is 25.0 Å². The summed E-state index contributed by atoms with van der Waals surface area (Å²) in [6.07, 6.45) is 2.47. The van der Waals surface area contributed by atoms with Crippen molar-refractivity contribution in [2.24, 2.45) is 0 Å². The lowest BCUT2D eigenvalue weighted by atomic mass is 10.0. The number of rotatable bonds is 1. The molecule has 0 atom stereocenters. The number of hydrogen-bond donors (Lipinski definition) is 1. The molecule has 1 aromatic heterocycles. The van der Waals surface area contributed by atoms with Gasteiger partial charge in [-0.3, -0.25) is 5.32 Å². The summed E-state index contributed by atoms with van der Waals surface area (Å²) in [5.74, 6) is -0.433. The molecule has 5 nitrogen and oxygen atoms in total. The van der Waals surface area contributed by atoms with Crippen molar-refractivity contribution in [1.82, 2.24) is 4.90 Å². The Labute approximate surface area is 116 Å². The zero-order valence-corrected chi connectivity index (χ0v) is 11.6. The Hall–Kier alpha value is -1.11. The molecule has 104 valence electrons. The third kappa shape index (κ3) is 2.91. The molecule has 2 aliphatic rings. The summed E-state index contributed by atoms with van der Waals surface area (Å²) in [5.41, 5.74) is 0. The minimum Gasteiger partial charge on any atom is -0.350 e. The van der Waals surface area contributed by atoms with Crippen LogP contribution in [0.5, 0.6) is 0 Å². The normalized spacial score (nSPS) is 22.4. The van der Waals surface area contributed by atoms with Gasteiger partial charge in [0.05, 0.1) is 18.2 Å². The minimum atomic E-state index is -0.433. The number of ether oxygens (including phenoxy) is 2. The molecule has 2 amide bonds. The van der Waals surface area contributed by atoms with E-state index < -0.39 is 5.79 Å². The van der Waals surface area contributed by atoms with Crippen LogP contribution >= 0.6 is 11.3 Å². The molecule has 2 aliphatic heterocycles. The second-order valence-corrected chi connectivity index (χ2v) is 5.80. The summed E-state index contributed by atoms with van der Waals surface area (Å²) >= 11 is 1.53. The number of amides is 2. The Balaban J connectivity index is 1.53. The van der Waals surface area contributed by atoms with Crippen LogP contribution in [-0.2, 0) is 9.47 Å². The summed E-state index contributed by atoms with van der Waals surface area (Å²) in [6, 6.07) is 3.80. The molecular weight excluding hydrogens is 264 g/mol. The summed E-state index contributed by atoms with van der Waals surface area (Å²) in [5, 5.41) is 5.74. The maximum Gasteiger partial charge on any atom is 0.322 e. The molecule has 2 fully saturated rings. The van der Waals surface area contributed by atoms with Crippen molar-refractivity contribution < 1.29 is 14.3 Å². The van der Waals surface area contributed by atoms with Crippen LogP contribution in [0.2, 0.25) is 0 Å². The predicted octanol–water partition coefficient (Wildman–Crippen LogP) is 2.51. The van der Waals surface area contributed by atoms with Crippen LogP contribution in [-0.4, -0.2) is 43.0 Å². The smallest absolute Gasteiger partial charge is 0.322 e. The molecule has 0 aromatic carbocycles. The highest BCUT2D eigenvalue weighted by Gasteiger charge is 2.39. The number of carbonyl (C=O) groups is 1. The predicted molar refractivity (Wildman–Crippen MR) is 73.4 cm³/mol. The van der Waals surface area contributed by atoms with Crippen LogP contribution in [0.15, 0.2) is 17.5 Å². The standard InChI is InChI=1S/C13H18N2O3S/c16-12(14-11-3-1-10-19-11)15-6-4-13(5-7-15)17-8-2-9-18-13/h1,3,10H,2,4-9H2,(H,14,16). The van der Waals surface area contributed by atoms with Gasteiger partial charge in [0.1, 0.15) is 0 Å². The second kappa shape index (κ2) is 5.48. The molecule has 0 aliphatic carbocycles. The Morgan fingerprint density at radius 1 is 1.32 bits per heavy atom. The van der Waals surface area contributed by atoms with Crippen LogP contribution in [0, 0.1) is 0 Å². The van der Waals surface area contributed by atoms with Crippen LogP contribution < -0.4 is 5.32 Å². The number of anilines is 1. The van der Waals surface area contributed by atoms with Crippen LogP contribution in [0.1, 0.15) is 19.3 Å². The maximum absolute atomic E-state index is 12.1. The van der Waals surface area contributed by atoms with Gasteiger partial charge in [-0.15, -0.1) is 11.3 Å². The van der Waals surface area contributed by atoms with Gasteiger partial charge >= 0.3 is 6.03 Å². The van der Waals surface area contributed by atoms with E-state index in [2.05, 4.69) is 5.32 Å². The van der Waals surface area contributed by atoms with Crippen molar-refractivity contribution in [3.63, 3.8) is 0 Å². The molecule has 3 rings (SSSR count). The average molecular weight is 282 g/mol. The zero-order chi connectivity index (χ0) is 13.1. The van der Waals surface area contributed by atoms with E-state index >= 15 is 0 Å². The number of likely N-dealkylation sites (tertiary alicyclic amines) is 1. The first-order valence-electron chi connectivity index (χ1n) is 6.65. The van der Waals surface area contributed by atoms with Gasteiger partial charge in [0.2, 0.25) is 0 Å². The van der Waals surface area contributed by atoms with Crippen LogP contribution in [0.25, 0.3) is 0 Å². The van der Waals surface area contributed by atoms with Gasteiger partial charge in [0.25, 0.3) is 0 Å². The van der Waals surface area contributed by atoms with E-state index in [9.17, 15) is 4.79 Å². The summed E-state index contributed by atoms with van der Waals surface area (Å²) < 4.78 is 11.5. The van der Waals surface area contributed by atoms with Gasteiger partial charge in [0, 0.05) is 25.9 Å². The number of nitrogens with zero attached hydrogens (tertiary/aromatic N) is 1. The number of urea groups is 1. The van der Waals surface area contributed by atoms with Crippen molar-refractivity contribution >= 4 is 22.4 Å². The molecule has 6 heteroatoms. The fourth-order valence-electron chi connectivity index (χ4n) is 2.49. The fourth-order valence-corrected chi connectivity index (χ4v) is 3.10. The van der Waals surface area contributed by atoms with Crippen molar-refractivity contribution in [3.05, 3.63) is 17.5 Å². The van der Waals surface area contributed by atoms with E-state index in [4.69, 9.17) is 9.47 Å². The highest BCUT2D eigenvalue weighted by molar-refractivity contribution is 7.14. The maximum atomic E-state index is 12.1. The number of thiophene rings is 1.